The van der Waals surface area contributed by atoms with E-state index in [4.69, 9.17) is 5.14 Å². The maximum atomic E-state index is 11.0. The maximum absolute atomic E-state index is 11.0. The van der Waals surface area contributed by atoms with Crippen molar-refractivity contribution in [1.29, 1.82) is 0 Å². The van der Waals surface area contributed by atoms with Crippen LogP contribution >= 0.6 is 0 Å². The van der Waals surface area contributed by atoms with Crippen molar-refractivity contribution in [2.75, 3.05) is 16.6 Å². The Morgan fingerprint density at radius 1 is 1.30 bits per heavy atom. The Balaban J connectivity index is 1.91. The Kier molecular flexibility index (Phi) is 4.88. The predicted octanol–water partition coefficient (Wildman–Crippen LogP) is 2.54. The molecule has 0 radical (unpaired) electrons. The van der Waals surface area contributed by atoms with Gasteiger partial charge in [-0.25, -0.2) is 5.14 Å². The summed E-state index contributed by atoms with van der Waals surface area (Å²) >= 11 is 0. The van der Waals surface area contributed by atoms with Crippen molar-refractivity contribution in [3.63, 3.8) is 0 Å². The molecule has 20 heavy (non-hydrogen) atoms. The van der Waals surface area contributed by atoms with E-state index in [0.717, 1.165) is 18.2 Å². The molecule has 1 aliphatic carbocycles. The minimum Gasteiger partial charge on any atom is -0.385 e. The summed E-state index contributed by atoms with van der Waals surface area (Å²) in [7, 11) is -3.71. The molecule has 2 rings (SSSR count). The third-order valence-electron chi connectivity index (χ3n) is 3.76. The van der Waals surface area contributed by atoms with Crippen LogP contribution in [0.2, 0.25) is 0 Å². The SMILES string of the molecule is CC1CCCC(CNc2cccc(NS(N)(=O)=O)c2)C1. The van der Waals surface area contributed by atoms with E-state index in [2.05, 4.69) is 17.0 Å². The third kappa shape index (κ3) is 5.02. The van der Waals surface area contributed by atoms with Crippen LogP contribution in [0.25, 0.3) is 0 Å². The lowest BCUT2D eigenvalue weighted by molar-refractivity contribution is 0.293. The second-order valence-electron chi connectivity index (χ2n) is 5.75. The molecule has 0 bridgehead atoms. The first-order valence-corrected chi connectivity index (χ1v) is 8.61. The molecule has 1 aliphatic rings. The van der Waals surface area contributed by atoms with Gasteiger partial charge in [0.05, 0.1) is 5.69 Å². The summed E-state index contributed by atoms with van der Waals surface area (Å²) < 4.78 is 24.3. The molecule has 0 amide bonds. The van der Waals surface area contributed by atoms with Gasteiger partial charge in [0, 0.05) is 12.2 Å². The molecule has 1 fully saturated rings. The van der Waals surface area contributed by atoms with E-state index >= 15 is 0 Å². The molecule has 2 unspecified atom stereocenters. The normalized spacial score (nSPS) is 23.3. The monoisotopic (exact) mass is 297 g/mol. The van der Waals surface area contributed by atoms with E-state index in [9.17, 15) is 8.42 Å². The van der Waals surface area contributed by atoms with E-state index in [1.807, 2.05) is 6.07 Å². The smallest absolute Gasteiger partial charge is 0.296 e. The molecule has 0 aliphatic heterocycles. The van der Waals surface area contributed by atoms with Gasteiger partial charge in [0.2, 0.25) is 0 Å². The summed E-state index contributed by atoms with van der Waals surface area (Å²) in [5.74, 6) is 1.51. The predicted molar refractivity (Wildman–Crippen MR) is 82.8 cm³/mol. The molecule has 1 aromatic carbocycles. The number of hydrogen-bond acceptors (Lipinski definition) is 3. The van der Waals surface area contributed by atoms with E-state index in [0.29, 0.717) is 11.6 Å². The molecule has 5 nitrogen and oxygen atoms in total. The van der Waals surface area contributed by atoms with Gasteiger partial charge in [-0.05, 0) is 42.9 Å². The van der Waals surface area contributed by atoms with Crippen molar-refractivity contribution < 1.29 is 8.42 Å². The molecule has 6 heteroatoms. The zero-order chi connectivity index (χ0) is 14.6. The average molecular weight is 297 g/mol. The van der Waals surface area contributed by atoms with Crippen LogP contribution in [0.3, 0.4) is 0 Å². The summed E-state index contributed by atoms with van der Waals surface area (Å²) in [4.78, 5) is 0. The zero-order valence-corrected chi connectivity index (χ0v) is 12.6. The van der Waals surface area contributed by atoms with Gasteiger partial charge in [-0.3, -0.25) is 4.72 Å². The van der Waals surface area contributed by atoms with Crippen LogP contribution in [0, 0.1) is 11.8 Å². The highest BCUT2D eigenvalue weighted by atomic mass is 32.2. The van der Waals surface area contributed by atoms with Gasteiger partial charge in [0.1, 0.15) is 0 Å². The number of anilines is 2. The topological polar surface area (TPSA) is 84.2 Å². The van der Waals surface area contributed by atoms with Crippen LogP contribution < -0.4 is 15.2 Å². The first-order chi connectivity index (χ1) is 9.42. The lowest BCUT2D eigenvalue weighted by atomic mass is 9.82. The lowest BCUT2D eigenvalue weighted by Gasteiger charge is -2.27. The van der Waals surface area contributed by atoms with Gasteiger partial charge in [0.25, 0.3) is 10.2 Å². The van der Waals surface area contributed by atoms with E-state index in [1.165, 1.54) is 25.7 Å². The van der Waals surface area contributed by atoms with Gasteiger partial charge >= 0.3 is 0 Å². The van der Waals surface area contributed by atoms with E-state index in [-0.39, 0.29) is 0 Å². The maximum Gasteiger partial charge on any atom is 0.296 e. The molecule has 4 N–H and O–H groups in total. The molecular formula is C14H23N3O2S. The van der Waals surface area contributed by atoms with Crippen molar-refractivity contribution in [3.05, 3.63) is 24.3 Å². The molecule has 0 heterocycles. The zero-order valence-electron chi connectivity index (χ0n) is 11.8. The van der Waals surface area contributed by atoms with E-state index < -0.39 is 10.2 Å². The minimum absolute atomic E-state index is 0.481. The summed E-state index contributed by atoms with van der Waals surface area (Å²) in [6, 6.07) is 7.18. The largest absolute Gasteiger partial charge is 0.385 e. The minimum atomic E-state index is -3.71. The van der Waals surface area contributed by atoms with Crippen molar-refractivity contribution in [3.8, 4) is 0 Å². The van der Waals surface area contributed by atoms with Crippen LogP contribution in [0.1, 0.15) is 32.6 Å². The lowest BCUT2D eigenvalue weighted by Crippen LogP contribution is -2.22. The fourth-order valence-corrected chi connectivity index (χ4v) is 3.32. The highest BCUT2D eigenvalue weighted by Gasteiger charge is 2.18. The van der Waals surface area contributed by atoms with Crippen LogP contribution in [0.4, 0.5) is 11.4 Å². The Morgan fingerprint density at radius 3 is 2.75 bits per heavy atom. The number of nitrogens with two attached hydrogens (primary N) is 1. The first kappa shape index (κ1) is 15.1. The summed E-state index contributed by atoms with van der Waals surface area (Å²) in [6.07, 6.45) is 5.18. The Labute approximate surface area is 121 Å². The van der Waals surface area contributed by atoms with Crippen molar-refractivity contribution in [2.45, 2.75) is 32.6 Å². The fraction of sp³-hybridized carbons (Fsp3) is 0.571. The van der Waals surface area contributed by atoms with Crippen LogP contribution in [0.5, 0.6) is 0 Å². The van der Waals surface area contributed by atoms with Gasteiger partial charge in [-0.2, -0.15) is 8.42 Å². The number of hydrogen-bond donors (Lipinski definition) is 3. The number of benzene rings is 1. The molecule has 112 valence electrons. The Bertz CT molecular complexity index is 545. The van der Waals surface area contributed by atoms with Gasteiger partial charge in [0.15, 0.2) is 0 Å². The molecule has 0 saturated heterocycles. The summed E-state index contributed by atoms with van der Waals surface area (Å²) in [5, 5.41) is 8.35. The first-order valence-electron chi connectivity index (χ1n) is 7.07. The second-order valence-corrected chi connectivity index (χ2v) is 7.04. The quantitative estimate of drug-likeness (QED) is 0.781. The van der Waals surface area contributed by atoms with Crippen LogP contribution in [-0.2, 0) is 10.2 Å². The number of rotatable bonds is 5. The van der Waals surface area contributed by atoms with Crippen molar-refractivity contribution in [1.82, 2.24) is 0 Å². The number of nitrogens with one attached hydrogen (secondary N) is 2. The molecule has 0 spiro atoms. The standard InChI is InChI=1S/C14H23N3O2S/c1-11-4-2-5-12(8-11)10-16-13-6-3-7-14(9-13)17-20(15,18)19/h3,6-7,9,11-12,16-17H,2,4-5,8,10H2,1H3,(H2,15,18,19). The van der Waals surface area contributed by atoms with Crippen molar-refractivity contribution in [2.24, 2.45) is 17.0 Å². The molecule has 1 saturated carbocycles. The van der Waals surface area contributed by atoms with Gasteiger partial charge in [-0.1, -0.05) is 25.8 Å². The van der Waals surface area contributed by atoms with E-state index in [1.54, 1.807) is 18.2 Å². The van der Waals surface area contributed by atoms with Crippen molar-refractivity contribution >= 4 is 21.6 Å². The average Bonchev–Trinajstić information content (AvgIpc) is 2.35. The third-order valence-corrected chi connectivity index (χ3v) is 4.28. The highest BCUT2D eigenvalue weighted by Crippen LogP contribution is 2.28. The van der Waals surface area contributed by atoms with Gasteiger partial charge < -0.3 is 5.32 Å². The molecular weight excluding hydrogens is 274 g/mol. The Morgan fingerprint density at radius 2 is 2.05 bits per heavy atom. The van der Waals surface area contributed by atoms with Crippen LogP contribution in [-0.4, -0.2) is 15.0 Å². The molecule has 0 aromatic heterocycles. The summed E-state index contributed by atoms with van der Waals surface area (Å²) in [6.45, 7) is 3.24. The summed E-state index contributed by atoms with van der Waals surface area (Å²) in [5.41, 5.74) is 1.39. The molecule has 2 atom stereocenters. The van der Waals surface area contributed by atoms with Gasteiger partial charge in [-0.15, -0.1) is 0 Å². The second kappa shape index (κ2) is 6.45. The highest BCUT2D eigenvalue weighted by molar-refractivity contribution is 7.90. The van der Waals surface area contributed by atoms with Crippen LogP contribution in [0.15, 0.2) is 24.3 Å². The molecule has 1 aromatic rings. The Hall–Kier alpha value is -1.27. The fourth-order valence-electron chi connectivity index (χ4n) is 2.86.